The highest BCUT2D eigenvalue weighted by molar-refractivity contribution is 7.92. The molecule has 0 fully saturated rings. The zero-order valence-electron chi connectivity index (χ0n) is 21.4. The van der Waals surface area contributed by atoms with Gasteiger partial charge in [0.15, 0.2) is 0 Å². The highest BCUT2D eigenvalue weighted by atomic mass is 32.2. The number of nitrogens with one attached hydrogen (secondary N) is 3. The third kappa shape index (κ3) is 7.08. The number of pyridine rings is 1. The molecule has 4 rings (SSSR count). The molecule has 0 spiro atoms. The van der Waals surface area contributed by atoms with Gasteiger partial charge in [-0.2, -0.15) is 0 Å². The monoisotopic (exact) mass is 579 g/mol. The molecule has 2 amide bonds. The summed E-state index contributed by atoms with van der Waals surface area (Å²) in [6.45, 7) is 1.85. The van der Waals surface area contributed by atoms with Crippen molar-refractivity contribution in [2.24, 2.45) is 5.14 Å². The molecule has 1 aromatic heterocycles. The highest BCUT2D eigenvalue weighted by Crippen LogP contribution is 2.28. The number of carbonyl (C=O) groups excluding carboxylic acids is 2. The molecule has 0 aliphatic rings. The fourth-order valence-corrected chi connectivity index (χ4v) is 5.11. The number of carbonyl (C=O) groups is 2. The maximum atomic E-state index is 13.1. The van der Waals surface area contributed by atoms with Gasteiger partial charge in [0.2, 0.25) is 20.0 Å². The third-order valence-electron chi connectivity index (χ3n) is 5.62. The summed E-state index contributed by atoms with van der Waals surface area (Å²) in [6, 6.07) is 19.8. The molecule has 0 bridgehead atoms. The SMILES string of the molecule is Cc1ccc(NC(=O)c2ccc(NS(C)(=O)=O)cc2NC(=O)c2ccc(-c3ccccc3S(N)(=O)=O)cc2)nc1. The number of aromatic nitrogens is 1. The van der Waals surface area contributed by atoms with E-state index in [1.54, 1.807) is 48.7 Å². The van der Waals surface area contributed by atoms with Crippen LogP contribution in [0.1, 0.15) is 26.3 Å². The first kappa shape index (κ1) is 28.4. The summed E-state index contributed by atoms with van der Waals surface area (Å²) < 4.78 is 49.8. The van der Waals surface area contributed by atoms with Crippen molar-refractivity contribution in [1.82, 2.24) is 4.98 Å². The predicted molar refractivity (Wildman–Crippen MR) is 153 cm³/mol. The van der Waals surface area contributed by atoms with Gasteiger partial charge in [-0.05, 0) is 60.5 Å². The largest absolute Gasteiger partial charge is 0.321 e. The minimum absolute atomic E-state index is 0.0481. The lowest BCUT2D eigenvalue weighted by Crippen LogP contribution is -2.19. The molecule has 13 heteroatoms. The van der Waals surface area contributed by atoms with Gasteiger partial charge in [-0.1, -0.05) is 36.4 Å². The summed E-state index contributed by atoms with van der Waals surface area (Å²) in [5.41, 5.74) is 2.25. The van der Waals surface area contributed by atoms with Crippen LogP contribution in [0.25, 0.3) is 11.1 Å². The van der Waals surface area contributed by atoms with Crippen LogP contribution in [0.2, 0.25) is 0 Å². The van der Waals surface area contributed by atoms with Crippen molar-refractivity contribution in [1.29, 1.82) is 0 Å². The first-order valence-corrected chi connectivity index (χ1v) is 15.1. The molecule has 0 radical (unpaired) electrons. The molecular weight excluding hydrogens is 554 g/mol. The number of benzene rings is 3. The van der Waals surface area contributed by atoms with Crippen molar-refractivity contribution in [3.63, 3.8) is 0 Å². The number of hydrogen-bond donors (Lipinski definition) is 4. The molecule has 4 aromatic rings. The number of amides is 2. The number of sulfonamides is 2. The molecule has 0 aliphatic carbocycles. The molecule has 1 heterocycles. The van der Waals surface area contributed by atoms with Crippen LogP contribution in [-0.2, 0) is 20.0 Å². The van der Waals surface area contributed by atoms with Gasteiger partial charge in [-0.15, -0.1) is 0 Å². The van der Waals surface area contributed by atoms with Crippen LogP contribution in [0.3, 0.4) is 0 Å². The Morgan fingerprint density at radius 3 is 2.15 bits per heavy atom. The van der Waals surface area contributed by atoms with E-state index in [1.807, 2.05) is 6.92 Å². The van der Waals surface area contributed by atoms with E-state index in [1.165, 1.54) is 36.4 Å². The standard InChI is InChI=1S/C27H25N5O6S2/c1-17-7-14-25(29-16-17)31-27(34)22-13-12-20(32-39(2,35)36)15-23(22)30-26(33)19-10-8-18(9-11-19)21-5-3-4-6-24(21)40(28,37)38/h3-16,32H,1-2H3,(H,30,33)(H2,28,37,38)(H,29,31,34). The van der Waals surface area contributed by atoms with Crippen molar-refractivity contribution in [3.8, 4) is 11.1 Å². The molecule has 206 valence electrons. The van der Waals surface area contributed by atoms with Gasteiger partial charge in [0.1, 0.15) is 5.82 Å². The lowest BCUT2D eigenvalue weighted by molar-refractivity contribution is 0.102. The Bertz CT molecular complexity index is 1810. The van der Waals surface area contributed by atoms with Crippen LogP contribution < -0.4 is 20.5 Å². The van der Waals surface area contributed by atoms with Crippen molar-refractivity contribution in [2.45, 2.75) is 11.8 Å². The average molecular weight is 580 g/mol. The lowest BCUT2D eigenvalue weighted by Gasteiger charge is -2.14. The van der Waals surface area contributed by atoms with Gasteiger partial charge in [0, 0.05) is 17.3 Å². The first-order chi connectivity index (χ1) is 18.8. The Labute approximate surface area is 231 Å². The molecule has 0 saturated carbocycles. The second kappa shape index (κ2) is 11.3. The smallest absolute Gasteiger partial charge is 0.258 e. The van der Waals surface area contributed by atoms with Crippen LogP contribution in [0.15, 0.2) is 90.0 Å². The summed E-state index contributed by atoms with van der Waals surface area (Å²) in [7, 11) is -7.60. The number of anilines is 3. The Balaban J connectivity index is 1.63. The quantitative estimate of drug-likeness (QED) is 0.246. The molecule has 3 aromatic carbocycles. The Morgan fingerprint density at radius 2 is 1.52 bits per heavy atom. The molecular formula is C27H25N5O6S2. The average Bonchev–Trinajstić information content (AvgIpc) is 2.89. The fraction of sp³-hybridized carbons (Fsp3) is 0.0741. The molecule has 0 unspecified atom stereocenters. The van der Waals surface area contributed by atoms with Gasteiger partial charge in [0.25, 0.3) is 11.8 Å². The summed E-state index contributed by atoms with van der Waals surface area (Å²) in [5, 5.41) is 10.6. The molecule has 5 N–H and O–H groups in total. The topological polar surface area (TPSA) is 177 Å². The van der Waals surface area contributed by atoms with Crippen LogP contribution in [0.4, 0.5) is 17.2 Å². The van der Waals surface area contributed by atoms with Gasteiger partial charge < -0.3 is 10.6 Å². The number of primary sulfonamides is 1. The normalized spacial score (nSPS) is 11.5. The van der Waals surface area contributed by atoms with Crippen LogP contribution >= 0.6 is 0 Å². The predicted octanol–water partition coefficient (Wildman–Crippen LogP) is 3.58. The third-order valence-corrected chi connectivity index (χ3v) is 7.20. The molecule has 0 saturated heterocycles. The van der Waals surface area contributed by atoms with Gasteiger partial charge >= 0.3 is 0 Å². The maximum absolute atomic E-state index is 13.1. The van der Waals surface area contributed by atoms with Crippen LogP contribution in [0, 0.1) is 6.92 Å². The number of rotatable bonds is 8. The zero-order chi connectivity index (χ0) is 29.1. The second-order valence-electron chi connectivity index (χ2n) is 8.88. The molecule has 11 nitrogen and oxygen atoms in total. The van der Waals surface area contributed by atoms with Crippen molar-refractivity contribution in [3.05, 3.63) is 102 Å². The van der Waals surface area contributed by atoms with E-state index in [2.05, 4.69) is 20.3 Å². The summed E-state index contributed by atoms with van der Waals surface area (Å²) in [5.74, 6) is -0.876. The Kier molecular flexibility index (Phi) is 8.00. The minimum Gasteiger partial charge on any atom is -0.321 e. The van der Waals surface area contributed by atoms with Crippen LogP contribution in [0.5, 0.6) is 0 Å². The maximum Gasteiger partial charge on any atom is 0.258 e. The van der Waals surface area contributed by atoms with E-state index in [4.69, 9.17) is 5.14 Å². The first-order valence-electron chi connectivity index (χ1n) is 11.7. The number of nitrogens with zero attached hydrogens (tertiary/aromatic N) is 1. The fourth-order valence-electron chi connectivity index (χ4n) is 3.80. The number of nitrogens with two attached hydrogens (primary N) is 1. The summed E-state index contributed by atoms with van der Waals surface area (Å²) in [4.78, 5) is 30.3. The van der Waals surface area contributed by atoms with E-state index >= 15 is 0 Å². The molecule has 40 heavy (non-hydrogen) atoms. The minimum atomic E-state index is -3.97. The van der Waals surface area contributed by atoms with E-state index in [9.17, 15) is 26.4 Å². The van der Waals surface area contributed by atoms with Crippen LogP contribution in [-0.4, -0.2) is 39.9 Å². The van der Waals surface area contributed by atoms with E-state index in [0.717, 1.165) is 11.8 Å². The number of hydrogen-bond acceptors (Lipinski definition) is 7. The lowest BCUT2D eigenvalue weighted by atomic mass is 10.0. The van der Waals surface area contributed by atoms with Crippen molar-refractivity contribution in [2.75, 3.05) is 21.6 Å². The number of aryl methyl sites for hydroxylation is 1. The molecule has 0 atom stereocenters. The van der Waals surface area contributed by atoms with Crippen molar-refractivity contribution < 1.29 is 26.4 Å². The zero-order valence-corrected chi connectivity index (χ0v) is 23.0. The van der Waals surface area contributed by atoms with E-state index < -0.39 is 31.9 Å². The van der Waals surface area contributed by atoms with Gasteiger partial charge in [-0.3, -0.25) is 14.3 Å². The van der Waals surface area contributed by atoms with Gasteiger partial charge in [-0.25, -0.2) is 27.0 Å². The Hall–Kier alpha value is -4.59. The summed E-state index contributed by atoms with van der Waals surface area (Å²) >= 11 is 0. The highest BCUT2D eigenvalue weighted by Gasteiger charge is 2.18. The van der Waals surface area contributed by atoms with Gasteiger partial charge in [0.05, 0.1) is 28.1 Å². The van der Waals surface area contributed by atoms with E-state index in [-0.39, 0.29) is 27.4 Å². The van der Waals surface area contributed by atoms with E-state index in [0.29, 0.717) is 16.9 Å². The second-order valence-corrected chi connectivity index (χ2v) is 12.2. The molecule has 0 aliphatic heterocycles. The van der Waals surface area contributed by atoms with Crippen molar-refractivity contribution >= 4 is 49.1 Å². The Morgan fingerprint density at radius 1 is 0.825 bits per heavy atom. The summed E-state index contributed by atoms with van der Waals surface area (Å²) in [6.07, 6.45) is 2.56.